The second-order valence-electron chi connectivity index (χ2n) is 7.50. The van der Waals surface area contributed by atoms with Crippen molar-refractivity contribution in [3.05, 3.63) is 54.7 Å². The number of H-pyrrole nitrogens is 1. The van der Waals surface area contributed by atoms with Crippen LogP contribution in [-0.2, 0) is 11.8 Å². The molecule has 4 aromatic heterocycles. The molecule has 150 valence electrons. The number of aromatic amines is 1. The molecule has 1 saturated heterocycles. The summed E-state index contributed by atoms with van der Waals surface area (Å²) >= 11 is 0. The zero-order valence-corrected chi connectivity index (χ0v) is 16.4. The lowest BCUT2D eigenvalue weighted by Gasteiger charge is -2.07. The third kappa shape index (κ3) is 2.74. The van der Waals surface area contributed by atoms with E-state index in [4.69, 9.17) is 4.74 Å². The number of rotatable bonds is 4. The van der Waals surface area contributed by atoms with Gasteiger partial charge in [-0.3, -0.25) is 9.78 Å². The van der Waals surface area contributed by atoms with E-state index in [0.29, 0.717) is 11.6 Å². The summed E-state index contributed by atoms with van der Waals surface area (Å²) < 4.78 is 9.43. The van der Waals surface area contributed by atoms with Gasteiger partial charge in [-0.2, -0.15) is 15.3 Å². The van der Waals surface area contributed by atoms with Crippen LogP contribution in [0.5, 0.6) is 0 Å². The average molecular weight is 400 g/mol. The molecule has 1 fully saturated rings. The Hall–Kier alpha value is -3.72. The molecule has 0 unspecified atom stereocenters. The first-order chi connectivity index (χ1) is 14.8. The van der Waals surface area contributed by atoms with Crippen molar-refractivity contribution in [2.24, 2.45) is 7.05 Å². The summed E-state index contributed by atoms with van der Waals surface area (Å²) in [7, 11) is 1.94. The lowest BCUT2D eigenvalue weighted by Crippen LogP contribution is -1.98. The number of aryl methyl sites for hydroxylation is 1. The fraction of sp³-hybridized carbons (Fsp3) is 0.238. The number of nitrogens with zero attached hydrogens (tertiary/aromatic N) is 6. The van der Waals surface area contributed by atoms with Crippen LogP contribution in [0, 0.1) is 0 Å². The van der Waals surface area contributed by atoms with Crippen LogP contribution in [0.1, 0.15) is 24.6 Å². The van der Waals surface area contributed by atoms with E-state index in [1.807, 2.05) is 40.9 Å². The Morgan fingerprint density at radius 3 is 3.07 bits per heavy atom. The number of aromatic nitrogens is 7. The van der Waals surface area contributed by atoms with E-state index in [1.165, 1.54) is 0 Å². The van der Waals surface area contributed by atoms with Crippen LogP contribution in [0.3, 0.4) is 0 Å². The Morgan fingerprint density at radius 1 is 1.20 bits per heavy atom. The van der Waals surface area contributed by atoms with Crippen molar-refractivity contribution in [3.63, 3.8) is 0 Å². The first-order valence-corrected chi connectivity index (χ1v) is 9.95. The zero-order chi connectivity index (χ0) is 20.1. The van der Waals surface area contributed by atoms with Crippen molar-refractivity contribution in [3.8, 4) is 11.1 Å². The van der Waals surface area contributed by atoms with Crippen LogP contribution in [0.15, 0.2) is 49.1 Å². The molecule has 1 aliphatic rings. The lowest BCUT2D eigenvalue weighted by molar-refractivity contribution is 0.108. The van der Waals surface area contributed by atoms with Crippen molar-refractivity contribution in [1.82, 2.24) is 34.6 Å². The first-order valence-electron chi connectivity index (χ1n) is 9.95. The van der Waals surface area contributed by atoms with E-state index in [2.05, 4.69) is 48.9 Å². The minimum absolute atomic E-state index is 0.0912. The highest BCUT2D eigenvalue weighted by Crippen LogP contribution is 2.33. The Labute approximate surface area is 171 Å². The molecule has 0 amide bonds. The Bertz CT molecular complexity index is 1360. The minimum Gasteiger partial charge on any atom is -0.372 e. The molecule has 0 aliphatic carbocycles. The van der Waals surface area contributed by atoms with Crippen LogP contribution >= 0.6 is 0 Å². The highest BCUT2D eigenvalue weighted by Gasteiger charge is 2.20. The molecule has 9 heteroatoms. The molecule has 1 aliphatic heterocycles. The standard InChI is InChI=1S/C21H20N8O/c1-28-17-5-4-13(9-14(17)11-23-28)15-12-24-29-7-6-22-21(20(15)29)25-19-10-16(26-27-19)18-3-2-8-30-18/h4-7,9-12,18H,2-3,8H2,1H3,(H2,22,25,26,27)/t18-/m0/s1. The minimum atomic E-state index is 0.0912. The number of ether oxygens (including phenoxy) is 1. The van der Waals surface area contributed by atoms with Gasteiger partial charge in [-0.15, -0.1) is 0 Å². The van der Waals surface area contributed by atoms with E-state index in [9.17, 15) is 0 Å². The highest BCUT2D eigenvalue weighted by molar-refractivity contribution is 5.93. The first kappa shape index (κ1) is 17.2. The highest BCUT2D eigenvalue weighted by atomic mass is 16.5. The van der Waals surface area contributed by atoms with Gasteiger partial charge >= 0.3 is 0 Å². The van der Waals surface area contributed by atoms with Crippen molar-refractivity contribution in [2.45, 2.75) is 18.9 Å². The summed E-state index contributed by atoms with van der Waals surface area (Å²) in [4.78, 5) is 4.56. The molecule has 5 aromatic rings. The largest absolute Gasteiger partial charge is 0.372 e. The molecule has 0 bridgehead atoms. The van der Waals surface area contributed by atoms with Gasteiger partial charge in [0.05, 0.1) is 29.7 Å². The quantitative estimate of drug-likeness (QED) is 0.478. The van der Waals surface area contributed by atoms with Crippen LogP contribution in [-0.4, -0.2) is 41.2 Å². The molecule has 30 heavy (non-hydrogen) atoms. The molecule has 9 nitrogen and oxygen atoms in total. The maximum atomic E-state index is 5.74. The third-order valence-corrected chi connectivity index (χ3v) is 5.61. The molecule has 1 aromatic carbocycles. The normalized spacial score (nSPS) is 16.6. The van der Waals surface area contributed by atoms with Crippen LogP contribution in [0.2, 0.25) is 0 Å². The van der Waals surface area contributed by atoms with Crippen LogP contribution in [0.25, 0.3) is 27.5 Å². The van der Waals surface area contributed by atoms with E-state index < -0.39 is 0 Å². The van der Waals surface area contributed by atoms with Crippen molar-refractivity contribution in [2.75, 3.05) is 11.9 Å². The van der Waals surface area contributed by atoms with Crippen molar-refractivity contribution in [1.29, 1.82) is 0 Å². The summed E-state index contributed by atoms with van der Waals surface area (Å²) in [6, 6.07) is 8.27. The number of hydrogen-bond donors (Lipinski definition) is 2. The molecule has 6 rings (SSSR count). The Morgan fingerprint density at radius 2 is 2.17 bits per heavy atom. The summed E-state index contributed by atoms with van der Waals surface area (Å²) in [5.74, 6) is 1.40. The van der Waals surface area contributed by atoms with Gasteiger partial charge in [0, 0.05) is 43.1 Å². The molecule has 0 radical (unpaired) electrons. The van der Waals surface area contributed by atoms with E-state index in [1.54, 1.807) is 6.20 Å². The molecular weight excluding hydrogens is 380 g/mol. The molecule has 0 saturated carbocycles. The molecule has 0 spiro atoms. The van der Waals surface area contributed by atoms with Crippen molar-refractivity contribution < 1.29 is 4.74 Å². The second kappa shape index (κ2) is 6.67. The van der Waals surface area contributed by atoms with E-state index in [0.717, 1.165) is 52.7 Å². The van der Waals surface area contributed by atoms with Gasteiger partial charge in [-0.1, -0.05) is 6.07 Å². The average Bonchev–Trinajstić information content (AvgIpc) is 3.55. The van der Waals surface area contributed by atoms with Gasteiger partial charge in [0.25, 0.3) is 0 Å². The second-order valence-corrected chi connectivity index (χ2v) is 7.50. The third-order valence-electron chi connectivity index (χ3n) is 5.61. The monoisotopic (exact) mass is 400 g/mol. The number of benzene rings is 1. The lowest BCUT2D eigenvalue weighted by atomic mass is 10.1. The number of hydrogen-bond acceptors (Lipinski definition) is 6. The predicted octanol–water partition coefficient (Wildman–Crippen LogP) is 3.60. The van der Waals surface area contributed by atoms with Gasteiger partial charge in [0.15, 0.2) is 11.6 Å². The van der Waals surface area contributed by atoms with Gasteiger partial charge in [-0.25, -0.2) is 9.50 Å². The summed E-state index contributed by atoms with van der Waals surface area (Å²) in [6.07, 6.45) is 9.49. The fourth-order valence-corrected chi connectivity index (χ4v) is 4.09. The molecule has 5 heterocycles. The topological polar surface area (TPSA) is 98.0 Å². The summed E-state index contributed by atoms with van der Waals surface area (Å²) in [5, 5.41) is 20.8. The molecular formula is C21H20N8O. The number of nitrogens with one attached hydrogen (secondary N) is 2. The summed E-state index contributed by atoms with van der Waals surface area (Å²) in [6.45, 7) is 0.799. The van der Waals surface area contributed by atoms with Gasteiger partial charge < -0.3 is 10.1 Å². The van der Waals surface area contributed by atoms with E-state index >= 15 is 0 Å². The zero-order valence-electron chi connectivity index (χ0n) is 16.4. The number of fused-ring (bicyclic) bond motifs is 2. The van der Waals surface area contributed by atoms with Crippen LogP contribution < -0.4 is 5.32 Å². The van der Waals surface area contributed by atoms with Gasteiger partial charge in [0.2, 0.25) is 0 Å². The van der Waals surface area contributed by atoms with Gasteiger partial charge in [0.1, 0.15) is 5.52 Å². The van der Waals surface area contributed by atoms with Crippen molar-refractivity contribution >= 4 is 28.1 Å². The van der Waals surface area contributed by atoms with Crippen LogP contribution in [0.4, 0.5) is 11.6 Å². The fourth-order valence-electron chi connectivity index (χ4n) is 4.09. The SMILES string of the molecule is Cn1ncc2cc(-c3cnn4ccnc(Nc5cc([C@@H]6CCCO6)[nH]n5)c34)ccc21. The Balaban J connectivity index is 1.40. The number of anilines is 2. The smallest absolute Gasteiger partial charge is 0.158 e. The Kier molecular flexibility index (Phi) is 3.81. The molecule has 2 N–H and O–H groups in total. The predicted molar refractivity (Wildman–Crippen MR) is 112 cm³/mol. The maximum Gasteiger partial charge on any atom is 0.158 e. The summed E-state index contributed by atoms with van der Waals surface area (Å²) in [5.41, 5.74) is 5.01. The molecule has 1 atom stereocenters. The van der Waals surface area contributed by atoms with Gasteiger partial charge in [-0.05, 0) is 30.5 Å². The maximum absolute atomic E-state index is 5.74. The van der Waals surface area contributed by atoms with E-state index in [-0.39, 0.29) is 6.10 Å².